The van der Waals surface area contributed by atoms with Gasteiger partial charge in [-0.2, -0.15) is 0 Å². The molecule has 4 aromatic rings. The zero-order valence-corrected chi connectivity index (χ0v) is 17.4. The monoisotopic (exact) mass is 437 g/mol. The van der Waals surface area contributed by atoms with Crippen LogP contribution in [0.3, 0.4) is 0 Å². The minimum atomic E-state index is -0.884. The predicted molar refractivity (Wildman–Crippen MR) is 119 cm³/mol. The largest absolute Gasteiger partial charge is 0.331 e. The van der Waals surface area contributed by atoms with E-state index in [1.807, 2.05) is 32.0 Å². The van der Waals surface area contributed by atoms with Crippen LogP contribution in [0.4, 0.5) is 14.5 Å². The Morgan fingerprint density at radius 3 is 2.58 bits per heavy atom. The van der Waals surface area contributed by atoms with Crippen LogP contribution in [0.25, 0.3) is 16.6 Å². The zero-order chi connectivity index (χ0) is 22.3. The molecule has 0 aliphatic rings. The molecule has 0 radical (unpaired) electrons. The number of anilines is 1. The molecule has 8 heteroatoms. The van der Waals surface area contributed by atoms with Crippen molar-refractivity contribution in [2.24, 2.45) is 0 Å². The fourth-order valence-electron chi connectivity index (χ4n) is 3.34. The molecule has 0 saturated heterocycles. The second-order valence-electron chi connectivity index (χ2n) is 7.13. The van der Waals surface area contributed by atoms with Crippen LogP contribution in [-0.2, 0) is 0 Å². The van der Waals surface area contributed by atoms with Gasteiger partial charge in [0, 0.05) is 11.6 Å². The van der Waals surface area contributed by atoms with E-state index in [1.165, 1.54) is 22.8 Å². The smallest absolute Gasteiger partial charge is 0.266 e. The van der Waals surface area contributed by atoms with E-state index in [-0.39, 0.29) is 21.6 Å². The highest BCUT2D eigenvalue weighted by Gasteiger charge is 2.14. The Kier molecular flexibility index (Phi) is 5.24. The Bertz CT molecular complexity index is 1470. The van der Waals surface area contributed by atoms with Gasteiger partial charge < -0.3 is 10.3 Å². The highest BCUT2D eigenvalue weighted by Crippen LogP contribution is 2.20. The van der Waals surface area contributed by atoms with Gasteiger partial charge in [0.25, 0.3) is 11.5 Å². The maximum absolute atomic E-state index is 13.8. The van der Waals surface area contributed by atoms with Gasteiger partial charge in [-0.15, -0.1) is 0 Å². The van der Waals surface area contributed by atoms with Gasteiger partial charge in [0.1, 0.15) is 11.6 Å². The van der Waals surface area contributed by atoms with Gasteiger partial charge >= 0.3 is 0 Å². The number of hydrogen-bond acceptors (Lipinski definition) is 3. The van der Waals surface area contributed by atoms with Crippen molar-refractivity contribution in [1.29, 1.82) is 0 Å². The summed E-state index contributed by atoms with van der Waals surface area (Å²) in [7, 11) is 0. The molecule has 5 nitrogen and oxygen atoms in total. The van der Waals surface area contributed by atoms with Crippen molar-refractivity contribution in [3.63, 3.8) is 0 Å². The number of benzene rings is 3. The first kappa shape index (κ1) is 20.6. The van der Waals surface area contributed by atoms with Crippen molar-refractivity contribution in [3.05, 3.63) is 98.0 Å². The van der Waals surface area contributed by atoms with Crippen molar-refractivity contribution in [3.8, 4) is 5.69 Å². The molecule has 2 N–H and O–H groups in total. The number of halogens is 2. The molecule has 0 aliphatic heterocycles. The lowest BCUT2D eigenvalue weighted by molar-refractivity contribution is 0.102. The number of aromatic amines is 1. The van der Waals surface area contributed by atoms with Gasteiger partial charge in [-0.05, 0) is 73.6 Å². The fraction of sp³-hybridized carbons (Fsp3) is 0.0870. The minimum Gasteiger partial charge on any atom is -0.331 e. The van der Waals surface area contributed by atoms with E-state index in [0.717, 1.165) is 23.3 Å². The first-order chi connectivity index (χ1) is 14.8. The number of H-pyrrole nitrogens is 1. The first-order valence-corrected chi connectivity index (χ1v) is 9.79. The summed E-state index contributed by atoms with van der Waals surface area (Å²) in [6.07, 6.45) is 0. The molecule has 1 heterocycles. The molecule has 0 fully saturated rings. The maximum atomic E-state index is 13.8. The Hall–Kier alpha value is -3.65. The summed E-state index contributed by atoms with van der Waals surface area (Å²) >= 11 is 5.42. The van der Waals surface area contributed by atoms with E-state index in [9.17, 15) is 18.4 Å². The molecule has 0 spiro atoms. The number of rotatable bonds is 3. The van der Waals surface area contributed by atoms with Crippen LogP contribution < -0.4 is 10.9 Å². The van der Waals surface area contributed by atoms with Crippen LogP contribution in [0.2, 0.25) is 0 Å². The van der Waals surface area contributed by atoms with E-state index >= 15 is 0 Å². The van der Waals surface area contributed by atoms with Crippen molar-refractivity contribution >= 4 is 34.7 Å². The van der Waals surface area contributed by atoms with Crippen LogP contribution in [0.15, 0.2) is 59.4 Å². The van der Waals surface area contributed by atoms with E-state index in [0.29, 0.717) is 22.7 Å². The summed E-state index contributed by atoms with van der Waals surface area (Å²) in [4.78, 5) is 28.7. The fourth-order valence-corrected chi connectivity index (χ4v) is 3.63. The molecule has 0 bridgehead atoms. The SMILES string of the molecule is Cc1cccc(-n2c(=S)[nH]c3cc(C(=O)Nc4ccc(F)cc4F)ccc3c2=O)c1C. The Balaban J connectivity index is 1.77. The van der Waals surface area contributed by atoms with E-state index in [1.54, 1.807) is 0 Å². The van der Waals surface area contributed by atoms with Gasteiger partial charge in [-0.25, -0.2) is 8.78 Å². The van der Waals surface area contributed by atoms with E-state index < -0.39 is 17.5 Å². The van der Waals surface area contributed by atoms with Crippen molar-refractivity contribution in [2.45, 2.75) is 13.8 Å². The van der Waals surface area contributed by atoms with Crippen LogP contribution in [-0.4, -0.2) is 15.5 Å². The molecule has 4 rings (SSSR count). The van der Waals surface area contributed by atoms with Gasteiger partial charge in [0.05, 0.1) is 22.3 Å². The number of aryl methyl sites for hydroxylation is 1. The average molecular weight is 437 g/mol. The average Bonchev–Trinajstić information content (AvgIpc) is 2.72. The third kappa shape index (κ3) is 3.77. The van der Waals surface area contributed by atoms with Crippen molar-refractivity contribution < 1.29 is 13.6 Å². The van der Waals surface area contributed by atoms with Crippen molar-refractivity contribution in [2.75, 3.05) is 5.32 Å². The lowest BCUT2D eigenvalue weighted by Gasteiger charge is -2.13. The number of nitrogens with one attached hydrogen (secondary N) is 2. The van der Waals surface area contributed by atoms with Gasteiger partial charge in [-0.1, -0.05) is 12.1 Å². The topological polar surface area (TPSA) is 66.9 Å². The molecule has 31 heavy (non-hydrogen) atoms. The quantitative estimate of drug-likeness (QED) is 0.433. The van der Waals surface area contributed by atoms with E-state index in [2.05, 4.69) is 10.3 Å². The summed E-state index contributed by atoms with van der Waals surface area (Å²) in [5.74, 6) is -2.23. The van der Waals surface area contributed by atoms with Crippen LogP contribution in [0, 0.1) is 30.3 Å². The normalized spacial score (nSPS) is 11.0. The Morgan fingerprint density at radius 2 is 1.84 bits per heavy atom. The van der Waals surface area contributed by atoms with Gasteiger partial charge in [0.2, 0.25) is 0 Å². The molecule has 0 aliphatic carbocycles. The molecule has 1 aromatic heterocycles. The van der Waals surface area contributed by atoms with Crippen molar-refractivity contribution in [1.82, 2.24) is 9.55 Å². The standard InChI is InChI=1S/C23H17F2N3O2S/c1-12-4-3-5-20(13(12)2)28-22(30)16-8-6-14(10-19(16)27-23(28)31)21(29)26-18-9-7-15(24)11-17(18)25/h3-11H,1-2H3,(H,26,29)(H,27,31). The zero-order valence-electron chi connectivity index (χ0n) is 16.6. The summed E-state index contributed by atoms with van der Waals surface area (Å²) in [5, 5.41) is 2.74. The highest BCUT2D eigenvalue weighted by molar-refractivity contribution is 7.71. The minimum absolute atomic E-state index is 0.148. The third-order valence-electron chi connectivity index (χ3n) is 5.16. The van der Waals surface area contributed by atoms with Crippen LogP contribution in [0.5, 0.6) is 0 Å². The number of aromatic nitrogens is 2. The maximum Gasteiger partial charge on any atom is 0.266 e. The second-order valence-corrected chi connectivity index (χ2v) is 7.52. The van der Waals surface area contributed by atoms with E-state index in [4.69, 9.17) is 12.2 Å². The third-order valence-corrected chi connectivity index (χ3v) is 5.44. The number of amides is 1. The molecular weight excluding hydrogens is 420 g/mol. The number of hydrogen-bond donors (Lipinski definition) is 2. The number of carbonyl (C=O) groups excluding carboxylic acids is 1. The van der Waals surface area contributed by atoms with Gasteiger partial charge in [-0.3, -0.25) is 14.2 Å². The summed E-state index contributed by atoms with van der Waals surface area (Å²) in [6.45, 7) is 3.87. The molecule has 1 amide bonds. The molecule has 156 valence electrons. The highest BCUT2D eigenvalue weighted by atomic mass is 32.1. The van der Waals surface area contributed by atoms with Crippen LogP contribution in [0.1, 0.15) is 21.5 Å². The number of fused-ring (bicyclic) bond motifs is 1. The summed E-state index contributed by atoms with van der Waals surface area (Å²) in [6, 6.07) is 12.9. The van der Waals surface area contributed by atoms with Gasteiger partial charge in [0.15, 0.2) is 4.77 Å². The summed E-state index contributed by atoms with van der Waals surface area (Å²) < 4.78 is 28.5. The lowest BCUT2D eigenvalue weighted by atomic mass is 10.1. The summed E-state index contributed by atoms with van der Waals surface area (Å²) in [5.41, 5.74) is 2.74. The number of carbonyl (C=O) groups is 1. The molecule has 0 saturated carbocycles. The predicted octanol–water partition coefficient (Wildman–Crippen LogP) is 5.20. The molecular formula is C23H17F2N3O2S. The number of nitrogens with zero attached hydrogens (tertiary/aromatic N) is 1. The lowest BCUT2D eigenvalue weighted by Crippen LogP contribution is -2.22. The first-order valence-electron chi connectivity index (χ1n) is 9.38. The molecule has 0 atom stereocenters. The van der Waals surface area contributed by atoms with Crippen LogP contribution >= 0.6 is 12.2 Å². The second kappa shape index (κ2) is 7.88. The Labute approximate surface area is 181 Å². The molecule has 3 aromatic carbocycles. The Morgan fingerprint density at radius 1 is 1.06 bits per heavy atom. The molecule has 0 unspecified atom stereocenters.